The zero-order valence-corrected chi connectivity index (χ0v) is 9.51. The van der Waals surface area contributed by atoms with E-state index in [1.54, 1.807) is 30.5 Å². The normalized spacial score (nSPS) is 10.5. The van der Waals surface area contributed by atoms with Gasteiger partial charge in [-0.15, -0.1) is 0 Å². The summed E-state index contributed by atoms with van der Waals surface area (Å²) in [5, 5.41) is 0.864. The van der Waals surface area contributed by atoms with Crippen LogP contribution in [-0.4, -0.2) is 4.98 Å². The molecule has 3 aromatic rings. The first-order valence-electron chi connectivity index (χ1n) is 5.61. The van der Waals surface area contributed by atoms with Gasteiger partial charge in [-0.1, -0.05) is 24.3 Å². The van der Waals surface area contributed by atoms with Crippen LogP contribution in [0.1, 0.15) is 0 Å². The summed E-state index contributed by atoms with van der Waals surface area (Å²) >= 11 is 0. The van der Waals surface area contributed by atoms with Crippen molar-refractivity contribution in [3.05, 3.63) is 66.6 Å². The van der Waals surface area contributed by atoms with Crippen molar-refractivity contribution in [1.29, 1.82) is 0 Å². The molecule has 1 aromatic heterocycles. The standard InChI is InChI=1S/C15H10FNO/c16-12-6-2-4-8-15(12)18-14-9-10-17-13-7-3-1-5-11(13)14/h1-10H. The van der Waals surface area contributed by atoms with E-state index in [0.717, 1.165) is 10.9 Å². The fourth-order valence-electron chi connectivity index (χ4n) is 1.80. The van der Waals surface area contributed by atoms with Crippen LogP contribution < -0.4 is 4.74 Å². The maximum absolute atomic E-state index is 13.5. The van der Waals surface area contributed by atoms with E-state index in [1.165, 1.54) is 6.07 Å². The molecule has 0 amide bonds. The fraction of sp³-hybridized carbons (Fsp3) is 0. The van der Waals surface area contributed by atoms with Gasteiger partial charge in [-0.25, -0.2) is 4.39 Å². The van der Waals surface area contributed by atoms with E-state index in [9.17, 15) is 4.39 Å². The topological polar surface area (TPSA) is 22.1 Å². The molecular formula is C15H10FNO. The maximum Gasteiger partial charge on any atom is 0.165 e. The lowest BCUT2D eigenvalue weighted by Crippen LogP contribution is -1.89. The SMILES string of the molecule is Fc1ccccc1Oc1ccnc2ccccc12. The van der Waals surface area contributed by atoms with Crippen molar-refractivity contribution in [3.63, 3.8) is 0 Å². The summed E-state index contributed by atoms with van der Waals surface area (Å²) in [4.78, 5) is 4.23. The second-order valence-corrected chi connectivity index (χ2v) is 3.86. The zero-order chi connectivity index (χ0) is 12.4. The summed E-state index contributed by atoms with van der Waals surface area (Å²) in [6.07, 6.45) is 1.65. The molecule has 2 nitrogen and oxygen atoms in total. The molecule has 0 aliphatic carbocycles. The molecule has 0 aliphatic rings. The highest BCUT2D eigenvalue weighted by molar-refractivity contribution is 5.84. The minimum Gasteiger partial charge on any atom is -0.454 e. The molecule has 0 atom stereocenters. The predicted molar refractivity (Wildman–Crippen MR) is 68.2 cm³/mol. The van der Waals surface area contributed by atoms with Crippen LogP contribution in [0.4, 0.5) is 4.39 Å². The number of ether oxygens (including phenoxy) is 1. The van der Waals surface area contributed by atoms with Crippen molar-refractivity contribution in [3.8, 4) is 11.5 Å². The van der Waals surface area contributed by atoms with E-state index in [4.69, 9.17) is 4.74 Å². The predicted octanol–water partition coefficient (Wildman–Crippen LogP) is 4.17. The van der Waals surface area contributed by atoms with E-state index in [-0.39, 0.29) is 11.6 Å². The number of hydrogen-bond acceptors (Lipinski definition) is 2. The number of halogens is 1. The third-order valence-electron chi connectivity index (χ3n) is 2.67. The number of aromatic nitrogens is 1. The highest BCUT2D eigenvalue weighted by atomic mass is 19.1. The number of nitrogens with zero attached hydrogens (tertiary/aromatic N) is 1. The Kier molecular flexibility index (Phi) is 2.65. The van der Waals surface area contributed by atoms with Gasteiger partial charge in [0.1, 0.15) is 5.75 Å². The summed E-state index contributed by atoms with van der Waals surface area (Å²) in [5.74, 6) is 0.443. The van der Waals surface area contributed by atoms with Gasteiger partial charge >= 0.3 is 0 Å². The van der Waals surface area contributed by atoms with Crippen LogP contribution in [-0.2, 0) is 0 Å². The van der Waals surface area contributed by atoms with E-state index >= 15 is 0 Å². The molecule has 0 radical (unpaired) electrons. The molecule has 18 heavy (non-hydrogen) atoms. The second-order valence-electron chi connectivity index (χ2n) is 3.86. The lowest BCUT2D eigenvalue weighted by Gasteiger charge is -2.08. The Labute approximate surface area is 104 Å². The molecule has 0 spiro atoms. The van der Waals surface area contributed by atoms with E-state index < -0.39 is 0 Å². The Balaban J connectivity index is 2.08. The van der Waals surface area contributed by atoms with Gasteiger partial charge < -0.3 is 4.74 Å². The maximum atomic E-state index is 13.5. The average molecular weight is 239 g/mol. The zero-order valence-electron chi connectivity index (χ0n) is 9.51. The Bertz CT molecular complexity index is 691. The molecule has 3 heteroatoms. The quantitative estimate of drug-likeness (QED) is 0.669. The molecule has 2 aromatic carbocycles. The molecule has 1 heterocycles. The van der Waals surface area contributed by atoms with Crippen molar-refractivity contribution >= 4 is 10.9 Å². The first-order valence-corrected chi connectivity index (χ1v) is 5.61. The molecule has 3 rings (SSSR count). The van der Waals surface area contributed by atoms with E-state index in [2.05, 4.69) is 4.98 Å². The van der Waals surface area contributed by atoms with Gasteiger partial charge in [0.2, 0.25) is 0 Å². The first kappa shape index (κ1) is 10.7. The van der Waals surface area contributed by atoms with Gasteiger partial charge in [0, 0.05) is 11.6 Å². The minimum absolute atomic E-state index is 0.217. The van der Waals surface area contributed by atoms with E-state index in [1.807, 2.05) is 24.3 Å². The molecule has 88 valence electrons. The average Bonchev–Trinajstić information content (AvgIpc) is 2.42. The van der Waals surface area contributed by atoms with Gasteiger partial charge in [-0.05, 0) is 30.3 Å². The van der Waals surface area contributed by atoms with Gasteiger partial charge in [-0.3, -0.25) is 4.98 Å². The largest absolute Gasteiger partial charge is 0.454 e. The Morgan fingerprint density at radius 1 is 0.833 bits per heavy atom. The second kappa shape index (κ2) is 4.45. The van der Waals surface area contributed by atoms with Crippen molar-refractivity contribution in [1.82, 2.24) is 4.98 Å². The Morgan fingerprint density at radius 3 is 2.50 bits per heavy atom. The van der Waals surface area contributed by atoms with Crippen molar-refractivity contribution in [2.24, 2.45) is 0 Å². The molecular weight excluding hydrogens is 229 g/mol. The number of fused-ring (bicyclic) bond motifs is 1. The summed E-state index contributed by atoms with van der Waals surface area (Å²) in [6, 6.07) is 15.7. The lowest BCUT2D eigenvalue weighted by molar-refractivity contribution is 0.446. The van der Waals surface area contributed by atoms with Crippen LogP contribution in [0.25, 0.3) is 10.9 Å². The molecule has 0 saturated heterocycles. The van der Waals surface area contributed by atoms with Crippen molar-refractivity contribution in [2.75, 3.05) is 0 Å². The smallest absolute Gasteiger partial charge is 0.165 e. The first-order chi connectivity index (χ1) is 8.84. The number of rotatable bonds is 2. The summed E-state index contributed by atoms with van der Waals surface area (Å²) < 4.78 is 19.1. The Morgan fingerprint density at radius 2 is 1.61 bits per heavy atom. The monoisotopic (exact) mass is 239 g/mol. The molecule has 0 bridgehead atoms. The highest BCUT2D eigenvalue weighted by Gasteiger charge is 2.06. The fourth-order valence-corrected chi connectivity index (χ4v) is 1.80. The summed E-state index contributed by atoms with van der Waals surface area (Å²) in [7, 11) is 0. The van der Waals surface area contributed by atoms with Crippen LogP contribution in [0, 0.1) is 5.82 Å². The van der Waals surface area contributed by atoms with Crippen molar-refractivity contribution < 1.29 is 9.13 Å². The number of pyridine rings is 1. The van der Waals surface area contributed by atoms with Gasteiger partial charge in [0.15, 0.2) is 11.6 Å². The number of hydrogen-bond donors (Lipinski definition) is 0. The molecule has 0 unspecified atom stereocenters. The van der Waals surface area contributed by atoms with Crippen LogP contribution in [0.15, 0.2) is 60.8 Å². The molecule has 0 saturated carbocycles. The van der Waals surface area contributed by atoms with Gasteiger partial charge in [0.05, 0.1) is 5.52 Å². The molecule has 0 fully saturated rings. The lowest BCUT2D eigenvalue weighted by atomic mass is 10.2. The number of benzene rings is 2. The summed E-state index contributed by atoms with van der Waals surface area (Å²) in [6.45, 7) is 0. The Hall–Kier alpha value is -2.42. The van der Waals surface area contributed by atoms with Crippen LogP contribution >= 0.6 is 0 Å². The van der Waals surface area contributed by atoms with Gasteiger partial charge in [0.25, 0.3) is 0 Å². The minimum atomic E-state index is -0.376. The highest BCUT2D eigenvalue weighted by Crippen LogP contribution is 2.29. The number of para-hydroxylation sites is 2. The third-order valence-corrected chi connectivity index (χ3v) is 2.67. The third kappa shape index (κ3) is 1.91. The van der Waals surface area contributed by atoms with E-state index in [0.29, 0.717) is 5.75 Å². The van der Waals surface area contributed by atoms with Crippen LogP contribution in [0.5, 0.6) is 11.5 Å². The van der Waals surface area contributed by atoms with Crippen LogP contribution in [0.3, 0.4) is 0 Å². The molecule has 0 N–H and O–H groups in total. The van der Waals surface area contributed by atoms with Crippen molar-refractivity contribution in [2.45, 2.75) is 0 Å². The van der Waals surface area contributed by atoms with Gasteiger partial charge in [-0.2, -0.15) is 0 Å². The van der Waals surface area contributed by atoms with Crippen LogP contribution in [0.2, 0.25) is 0 Å². The summed E-state index contributed by atoms with van der Waals surface area (Å²) in [5.41, 5.74) is 0.825. The molecule has 0 aliphatic heterocycles.